The molecule has 0 bridgehead atoms. The summed E-state index contributed by atoms with van der Waals surface area (Å²) < 4.78 is 5.98. The Bertz CT molecular complexity index is 525. The van der Waals surface area contributed by atoms with Gasteiger partial charge in [0, 0.05) is 0 Å². The van der Waals surface area contributed by atoms with Crippen LogP contribution in [0, 0.1) is 0 Å². The van der Waals surface area contributed by atoms with Gasteiger partial charge >= 0.3 is 5.97 Å². The number of carboxylic acid groups (broad SMARTS) is 1. The van der Waals surface area contributed by atoms with E-state index in [-0.39, 0.29) is 0 Å². The molecule has 0 aliphatic carbocycles. The van der Waals surface area contributed by atoms with Gasteiger partial charge in [-0.3, -0.25) is 0 Å². The molecule has 160 valence electrons. The number of para-hydroxylation sites is 1. The SMILES string of the molecule is CCCCCCCCCCCCOc1c(CCCCCC)cccc1C(=O)O. The first-order chi connectivity index (χ1) is 13.7. The molecule has 0 aromatic heterocycles. The number of rotatable bonds is 18. The summed E-state index contributed by atoms with van der Waals surface area (Å²) in [5.41, 5.74) is 1.35. The Labute approximate surface area is 172 Å². The first-order valence-corrected chi connectivity index (χ1v) is 11.7. The van der Waals surface area contributed by atoms with Gasteiger partial charge in [-0.25, -0.2) is 4.79 Å². The van der Waals surface area contributed by atoms with Gasteiger partial charge < -0.3 is 9.84 Å². The number of carbonyl (C=O) groups is 1. The minimum atomic E-state index is -0.895. The highest BCUT2D eigenvalue weighted by atomic mass is 16.5. The van der Waals surface area contributed by atoms with Crippen molar-refractivity contribution in [3.05, 3.63) is 29.3 Å². The molecule has 0 aliphatic heterocycles. The van der Waals surface area contributed by atoms with E-state index in [1.807, 2.05) is 12.1 Å². The maximum absolute atomic E-state index is 11.6. The molecule has 0 atom stereocenters. The van der Waals surface area contributed by atoms with E-state index in [1.165, 1.54) is 70.6 Å². The van der Waals surface area contributed by atoms with Crippen molar-refractivity contribution >= 4 is 5.97 Å². The van der Waals surface area contributed by atoms with Gasteiger partial charge in [0.15, 0.2) is 0 Å². The van der Waals surface area contributed by atoms with Crippen molar-refractivity contribution in [3.8, 4) is 5.75 Å². The predicted octanol–water partition coefficient (Wildman–Crippen LogP) is 7.81. The van der Waals surface area contributed by atoms with Crippen molar-refractivity contribution in [2.75, 3.05) is 6.61 Å². The molecule has 28 heavy (non-hydrogen) atoms. The summed E-state index contributed by atoms with van der Waals surface area (Å²) in [5.74, 6) is -0.295. The highest BCUT2D eigenvalue weighted by molar-refractivity contribution is 5.91. The molecule has 0 heterocycles. The van der Waals surface area contributed by atoms with Crippen LogP contribution in [0.25, 0.3) is 0 Å². The highest BCUT2D eigenvalue weighted by Crippen LogP contribution is 2.26. The van der Waals surface area contributed by atoms with E-state index in [0.717, 1.165) is 31.2 Å². The third-order valence-electron chi connectivity index (χ3n) is 5.37. The minimum Gasteiger partial charge on any atom is -0.492 e. The number of unbranched alkanes of at least 4 members (excludes halogenated alkanes) is 12. The van der Waals surface area contributed by atoms with E-state index in [9.17, 15) is 9.90 Å². The largest absolute Gasteiger partial charge is 0.492 e. The lowest BCUT2D eigenvalue weighted by Gasteiger charge is -2.14. The molecular formula is C25H42O3. The van der Waals surface area contributed by atoms with Crippen LogP contribution in [0.2, 0.25) is 0 Å². The van der Waals surface area contributed by atoms with Crippen LogP contribution < -0.4 is 4.74 Å². The molecule has 0 radical (unpaired) electrons. The van der Waals surface area contributed by atoms with Crippen molar-refractivity contribution in [1.82, 2.24) is 0 Å². The van der Waals surface area contributed by atoms with Gasteiger partial charge in [-0.2, -0.15) is 0 Å². The molecule has 0 unspecified atom stereocenters. The Hall–Kier alpha value is -1.51. The molecule has 1 aromatic carbocycles. The Morgan fingerprint density at radius 1 is 0.786 bits per heavy atom. The highest BCUT2D eigenvalue weighted by Gasteiger charge is 2.15. The second-order valence-electron chi connectivity index (χ2n) is 7.94. The number of carboxylic acids is 1. The Morgan fingerprint density at radius 2 is 1.32 bits per heavy atom. The van der Waals surface area contributed by atoms with E-state index >= 15 is 0 Å². The molecule has 0 spiro atoms. The first kappa shape index (κ1) is 24.5. The van der Waals surface area contributed by atoms with Crippen molar-refractivity contribution in [1.29, 1.82) is 0 Å². The number of aromatic carboxylic acids is 1. The van der Waals surface area contributed by atoms with Gasteiger partial charge in [0.2, 0.25) is 0 Å². The van der Waals surface area contributed by atoms with Crippen LogP contribution >= 0.6 is 0 Å². The minimum absolute atomic E-state index is 0.306. The van der Waals surface area contributed by atoms with E-state index in [4.69, 9.17) is 4.74 Å². The maximum atomic E-state index is 11.6. The lowest BCUT2D eigenvalue weighted by Crippen LogP contribution is -2.07. The fraction of sp³-hybridized carbons (Fsp3) is 0.720. The van der Waals surface area contributed by atoms with E-state index in [1.54, 1.807) is 6.07 Å². The van der Waals surface area contributed by atoms with E-state index < -0.39 is 5.97 Å². The molecular weight excluding hydrogens is 348 g/mol. The molecule has 0 amide bonds. The van der Waals surface area contributed by atoms with E-state index in [2.05, 4.69) is 13.8 Å². The zero-order chi connectivity index (χ0) is 20.5. The topological polar surface area (TPSA) is 46.5 Å². The molecule has 0 saturated carbocycles. The quantitative estimate of drug-likeness (QED) is 0.260. The fourth-order valence-electron chi connectivity index (χ4n) is 3.63. The third kappa shape index (κ3) is 10.7. The molecule has 1 aromatic rings. The van der Waals surface area contributed by atoms with Crippen molar-refractivity contribution in [2.24, 2.45) is 0 Å². The van der Waals surface area contributed by atoms with Crippen LogP contribution in [0.5, 0.6) is 5.75 Å². The molecule has 0 saturated heterocycles. The van der Waals surface area contributed by atoms with E-state index in [0.29, 0.717) is 17.9 Å². The molecule has 1 N–H and O–H groups in total. The maximum Gasteiger partial charge on any atom is 0.339 e. The Morgan fingerprint density at radius 3 is 1.89 bits per heavy atom. The summed E-state index contributed by atoms with van der Waals surface area (Å²) in [5, 5.41) is 9.50. The number of hydrogen-bond donors (Lipinski definition) is 1. The van der Waals surface area contributed by atoms with Crippen LogP contribution in [-0.2, 0) is 6.42 Å². The number of ether oxygens (including phenoxy) is 1. The average molecular weight is 391 g/mol. The summed E-state index contributed by atoms with van der Waals surface area (Å²) in [4.78, 5) is 11.6. The molecule has 1 rings (SSSR count). The monoisotopic (exact) mass is 390 g/mol. The van der Waals surface area contributed by atoms with Crippen LogP contribution in [0.15, 0.2) is 18.2 Å². The third-order valence-corrected chi connectivity index (χ3v) is 5.37. The molecule has 3 heteroatoms. The van der Waals surface area contributed by atoms with Gasteiger partial charge in [-0.05, 0) is 30.9 Å². The van der Waals surface area contributed by atoms with Crippen molar-refractivity contribution < 1.29 is 14.6 Å². The van der Waals surface area contributed by atoms with Crippen LogP contribution in [0.1, 0.15) is 120 Å². The summed E-state index contributed by atoms with van der Waals surface area (Å²) in [7, 11) is 0. The van der Waals surface area contributed by atoms with Gasteiger partial charge in [-0.15, -0.1) is 0 Å². The van der Waals surface area contributed by atoms with Crippen molar-refractivity contribution in [2.45, 2.75) is 110 Å². The summed E-state index contributed by atoms with van der Waals surface area (Å²) >= 11 is 0. The molecule has 0 fully saturated rings. The van der Waals surface area contributed by atoms with Gasteiger partial charge in [0.1, 0.15) is 11.3 Å². The number of aryl methyl sites for hydroxylation is 1. The second kappa shape index (κ2) is 16.4. The summed E-state index contributed by atoms with van der Waals surface area (Å²) in [6.07, 6.45) is 18.5. The summed E-state index contributed by atoms with van der Waals surface area (Å²) in [6, 6.07) is 5.52. The van der Waals surface area contributed by atoms with Crippen LogP contribution in [0.3, 0.4) is 0 Å². The zero-order valence-electron chi connectivity index (χ0n) is 18.3. The first-order valence-electron chi connectivity index (χ1n) is 11.7. The lowest BCUT2D eigenvalue weighted by atomic mass is 10.0. The zero-order valence-corrected chi connectivity index (χ0v) is 18.3. The van der Waals surface area contributed by atoms with Crippen LogP contribution in [0.4, 0.5) is 0 Å². The predicted molar refractivity (Wildman–Crippen MR) is 119 cm³/mol. The second-order valence-corrected chi connectivity index (χ2v) is 7.94. The van der Waals surface area contributed by atoms with Gasteiger partial charge in [0.05, 0.1) is 6.61 Å². The smallest absolute Gasteiger partial charge is 0.339 e. The number of benzene rings is 1. The van der Waals surface area contributed by atoms with Crippen molar-refractivity contribution in [3.63, 3.8) is 0 Å². The number of hydrogen-bond acceptors (Lipinski definition) is 2. The lowest BCUT2D eigenvalue weighted by molar-refractivity contribution is 0.0692. The van der Waals surface area contributed by atoms with Gasteiger partial charge in [-0.1, -0.05) is 103 Å². The summed E-state index contributed by atoms with van der Waals surface area (Å²) in [6.45, 7) is 5.07. The van der Waals surface area contributed by atoms with Gasteiger partial charge in [0.25, 0.3) is 0 Å². The standard InChI is InChI=1S/C25H42O3/c1-3-5-7-9-10-11-12-13-14-16-21-28-24-22(18-15-8-6-4-2)19-17-20-23(24)25(26)27/h17,19-20H,3-16,18,21H2,1-2H3,(H,26,27). The fourth-order valence-corrected chi connectivity index (χ4v) is 3.63. The molecule has 3 nitrogen and oxygen atoms in total. The van der Waals surface area contributed by atoms with Crippen LogP contribution in [-0.4, -0.2) is 17.7 Å². The molecule has 0 aliphatic rings. The normalized spacial score (nSPS) is 10.9. The Balaban J connectivity index is 2.32. The average Bonchev–Trinajstić information content (AvgIpc) is 2.69. The Kier molecular flexibility index (Phi) is 14.4.